The molecule has 0 aliphatic rings. The molecule has 3 N–H and O–H groups in total. The van der Waals surface area contributed by atoms with Crippen LogP contribution in [0.15, 0.2) is 54.6 Å². The van der Waals surface area contributed by atoms with Gasteiger partial charge in [-0.15, -0.1) is 0 Å². The molecule has 26 heavy (non-hydrogen) atoms. The van der Waals surface area contributed by atoms with Crippen LogP contribution in [0, 0.1) is 0 Å². The summed E-state index contributed by atoms with van der Waals surface area (Å²) in [7, 11) is 3.21. The summed E-state index contributed by atoms with van der Waals surface area (Å²) < 4.78 is 0. The quantitative estimate of drug-likeness (QED) is 0.704. The predicted octanol–water partition coefficient (Wildman–Crippen LogP) is 1.56. The van der Waals surface area contributed by atoms with E-state index in [1.165, 1.54) is 7.05 Å². The van der Waals surface area contributed by atoms with Crippen LogP contribution in [-0.2, 0) is 9.59 Å². The SMILES string of the molecule is CNC(=O)CN(C)CC(=O)Nc1ccccc1C(=O)Nc1ccccc1. The molecule has 0 saturated carbocycles. The molecule has 0 saturated heterocycles. The van der Waals surface area contributed by atoms with E-state index in [0.717, 1.165) is 0 Å². The van der Waals surface area contributed by atoms with Gasteiger partial charge in [-0.3, -0.25) is 19.3 Å². The molecular weight excluding hydrogens is 332 g/mol. The van der Waals surface area contributed by atoms with E-state index in [0.29, 0.717) is 16.9 Å². The number of carbonyl (C=O) groups is 3. The second-order valence-electron chi connectivity index (χ2n) is 5.76. The minimum absolute atomic E-state index is 0.0298. The first kappa shape index (κ1) is 19.1. The van der Waals surface area contributed by atoms with E-state index in [-0.39, 0.29) is 30.8 Å². The summed E-state index contributed by atoms with van der Waals surface area (Å²) >= 11 is 0. The molecule has 0 heterocycles. The van der Waals surface area contributed by atoms with E-state index in [9.17, 15) is 14.4 Å². The van der Waals surface area contributed by atoms with Crippen LogP contribution in [0.2, 0.25) is 0 Å². The summed E-state index contributed by atoms with van der Waals surface area (Å²) in [4.78, 5) is 37.6. The molecule has 7 nitrogen and oxygen atoms in total. The number of carbonyl (C=O) groups excluding carboxylic acids is 3. The molecule has 3 amide bonds. The summed E-state index contributed by atoms with van der Waals surface area (Å²) in [5.74, 6) is -0.801. The summed E-state index contributed by atoms with van der Waals surface area (Å²) in [6.45, 7) is 0.141. The van der Waals surface area contributed by atoms with Crippen molar-refractivity contribution in [1.29, 1.82) is 0 Å². The lowest BCUT2D eigenvalue weighted by atomic mass is 10.1. The van der Waals surface area contributed by atoms with Crippen LogP contribution in [0.3, 0.4) is 0 Å². The highest BCUT2D eigenvalue weighted by molar-refractivity contribution is 6.10. The van der Waals surface area contributed by atoms with Crippen molar-refractivity contribution in [2.24, 2.45) is 0 Å². The van der Waals surface area contributed by atoms with Gasteiger partial charge in [-0.2, -0.15) is 0 Å². The average Bonchev–Trinajstić information content (AvgIpc) is 2.62. The Hall–Kier alpha value is -3.19. The van der Waals surface area contributed by atoms with Gasteiger partial charge < -0.3 is 16.0 Å². The Bertz CT molecular complexity index is 777. The molecular formula is C19H22N4O3. The summed E-state index contributed by atoms with van der Waals surface area (Å²) in [6, 6.07) is 15.9. The molecule has 0 aliphatic carbocycles. The van der Waals surface area contributed by atoms with E-state index in [2.05, 4.69) is 16.0 Å². The molecule has 0 unspecified atom stereocenters. The molecule has 0 bridgehead atoms. The number of benzene rings is 2. The number of para-hydroxylation sites is 2. The van der Waals surface area contributed by atoms with E-state index in [4.69, 9.17) is 0 Å². The maximum atomic E-state index is 12.5. The van der Waals surface area contributed by atoms with Gasteiger partial charge in [-0.1, -0.05) is 30.3 Å². The maximum absolute atomic E-state index is 12.5. The predicted molar refractivity (Wildman–Crippen MR) is 101 cm³/mol. The number of nitrogens with one attached hydrogen (secondary N) is 3. The van der Waals surface area contributed by atoms with Gasteiger partial charge in [0.05, 0.1) is 24.3 Å². The largest absolute Gasteiger partial charge is 0.358 e. The highest BCUT2D eigenvalue weighted by atomic mass is 16.2. The topological polar surface area (TPSA) is 90.5 Å². The van der Waals surface area contributed by atoms with Crippen molar-refractivity contribution in [2.45, 2.75) is 0 Å². The van der Waals surface area contributed by atoms with E-state index < -0.39 is 0 Å². The van der Waals surface area contributed by atoms with Crippen LogP contribution in [0.4, 0.5) is 11.4 Å². The van der Waals surface area contributed by atoms with Crippen LogP contribution < -0.4 is 16.0 Å². The molecule has 7 heteroatoms. The highest BCUT2D eigenvalue weighted by Crippen LogP contribution is 2.17. The first-order valence-corrected chi connectivity index (χ1v) is 8.14. The summed E-state index contributed by atoms with van der Waals surface area (Å²) in [6.07, 6.45) is 0. The monoisotopic (exact) mass is 354 g/mol. The molecule has 0 aliphatic heterocycles. The summed E-state index contributed by atoms with van der Waals surface area (Å²) in [5.41, 5.74) is 1.45. The van der Waals surface area contributed by atoms with Crippen LogP contribution in [0.25, 0.3) is 0 Å². The molecule has 0 aromatic heterocycles. The Labute approximate surface area is 152 Å². The Morgan fingerprint density at radius 2 is 1.46 bits per heavy atom. The molecule has 2 aromatic carbocycles. The van der Waals surface area contributed by atoms with Crippen molar-refractivity contribution in [2.75, 3.05) is 37.8 Å². The van der Waals surface area contributed by atoms with Gasteiger partial charge in [-0.05, 0) is 31.3 Å². The van der Waals surface area contributed by atoms with Crippen LogP contribution in [0.1, 0.15) is 10.4 Å². The first-order chi connectivity index (χ1) is 12.5. The van der Waals surface area contributed by atoms with Crippen LogP contribution in [0.5, 0.6) is 0 Å². The standard InChI is InChI=1S/C19H22N4O3/c1-20-17(24)12-23(2)13-18(25)22-16-11-7-6-10-15(16)19(26)21-14-8-4-3-5-9-14/h3-11H,12-13H2,1-2H3,(H,20,24)(H,21,26)(H,22,25). The zero-order valence-electron chi connectivity index (χ0n) is 14.8. The molecule has 2 rings (SSSR count). The second-order valence-corrected chi connectivity index (χ2v) is 5.76. The lowest BCUT2D eigenvalue weighted by Gasteiger charge is -2.16. The fourth-order valence-corrected chi connectivity index (χ4v) is 2.33. The number of nitrogens with zero attached hydrogens (tertiary/aromatic N) is 1. The van der Waals surface area contributed by atoms with Crippen LogP contribution >= 0.6 is 0 Å². The van der Waals surface area contributed by atoms with Crippen molar-refractivity contribution in [3.63, 3.8) is 0 Å². The lowest BCUT2D eigenvalue weighted by molar-refractivity contribution is -0.122. The Balaban J connectivity index is 2.03. The first-order valence-electron chi connectivity index (χ1n) is 8.14. The molecule has 0 radical (unpaired) electrons. The van der Waals surface area contributed by atoms with Gasteiger partial charge >= 0.3 is 0 Å². The van der Waals surface area contributed by atoms with Gasteiger partial charge in [0.1, 0.15) is 0 Å². The van der Waals surface area contributed by atoms with Gasteiger partial charge in [0.2, 0.25) is 11.8 Å². The molecule has 0 spiro atoms. The van der Waals surface area contributed by atoms with Crippen molar-refractivity contribution < 1.29 is 14.4 Å². The van der Waals surface area contributed by atoms with Crippen molar-refractivity contribution >= 4 is 29.1 Å². The molecule has 136 valence electrons. The molecule has 2 aromatic rings. The third-order valence-electron chi connectivity index (χ3n) is 3.58. The van der Waals surface area contributed by atoms with E-state index >= 15 is 0 Å². The lowest BCUT2D eigenvalue weighted by Crippen LogP contribution is -2.37. The van der Waals surface area contributed by atoms with Gasteiger partial charge in [0.15, 0.2) is 0 Å². The van der Waals surface area contributed by atoms with E-state index in [1.807, 2.05) is 18.2 Å². The number of rotatable bonds is 7. The minimum atomic E-state index is -0.314. The third kappa shape index (κ3) is 5.71. The number of hydrogen-bond donors (Lipinski definition) is 3. The Morgan fingerprint density at radius 1 is 0.846 bits per heavy atom. The van der Waals surface area contributed by atoms with Gasteiger partial charge in [-0.25, -0.2) is 0 Å². The molecule has 0 atom stereocenters. The highest BCUT2D eigenvalue weighted by Gasteiger charge is 2.15. The number of anilines is 2. The third-order valence-corrected chi connectivity index (χ3v) is 3.58. The van der Waals surface area contributed by atoms with Gasteiger partial charge in [0.25, 0.3) is 5.91 Å². The smallest absolute Gasteiger partial charge is 0.257 e. The van der Waals surface area contributed by atoms with Crippen molar-refractivity contribution in [1.82, 2.24) is 10.2 Å². The zero-order chi connectivity index (χ0) is 18.9. The number of amides is 3. The van der Waals surface area contributed by atoms with Gasteiger partial charge in [0, 0.05) is 12.7 Å². The number of likely N-dealkylation sites (N-methyl/N-ethyl adjacent to an activating group) is 2. The fourth-order valence-electron chi connectivity index (χ4n) is 2.33. The van der Waals surface area contributed by atoms with E-state index in [1.54, 1.807) is 48.3 Å². The Morgan fingerprint density at radius 3 is 2.15 bits per heavy atom. The van der Waals surface area contributed by atoms with Crippen molar-refractivity contribution in [3.8, 4) is 0 Å². The minimum Gasteiger partial charge on any atom is -0.358 e. The second kappa shape index (κ2) is 9.33. The average molecular weight is 354 g/mol. The zero-order valence-corrected chi connectivity index (χ0v) is 14.8. The number of hydrogen-bond acceptors (Lipinski definition) is 4. The normalized spacial score (nSPS) is 10.3. The molecule has 0 fully saturated rings. The fraction of sp³-hybridized carbons (Fsp3) is 0.211. The summed E-state index contributed by atoms with van der Waals surface area (Å²) in [5, 5.41) is 8.02. The van der Waals surface area contributed by atoms with Crippen molar-refractivity contribution in [3.05, 3.63) is 60.2 Å². The van der Waals surface area contributed by atoms with Crippen LogP contribution in [-0.4, -0.2) is 49.8 Å². The maximum Gasteiger partial charge on any atom is 0.257 e. The Kier molecular flexibility index (Phi) is 6.87.